The Balaban J connectivity index is 2.16. The lowest BCUT2D eigenvalue weighted by atomic mass is 9.96. The van der Waals surface area contributed by atoms with Crippen LogP contribution in [0.5, 0.6) is 0 Å². The van der Waals surface area contributed by atoms with Gasteiger partial charge in [-0.3, -0.25) is 14.4 Å². The summed E-state index contributed by atoms with van der Waals surface area (Å²) >= 11 is 0. The van der Waals surface area contributed by atoms with Crippen LogP contribution in [0.25, 0.3) is 0 Å². The predicted octanol–water partition coefficient (Wildman–Crippen LogP) is 10.2. The van der Waals surface area contributed by atoms with Gasteiger partial charge in [0.1, 0.15) is 0 Å². The molecule has 0 aromatic carbocycles. The van der Waals surface area contributed by atoms with Gasteiger partial charge in [0, 0.05) is 24.8 Å². The van der Waals surface area contributed by atoms with E-state index >= 15 is 0 Å². The van der Waals surface area contributed by atoms with Crippen LogP contribution in [0, 0.1) is 0 Å². The fraction of sp³-hybridized carbons (Fsp3) is 0.848. The molecule has 0 aliphatic heterocycles. The first-order valence-electron chi connectivity index (χ1n) is 15.9. The molecule has 0 aromatic heterocycles. The highest BCUT2D eigenvalue weighted by Crippen LogP contribution is 2.28. The summed E-state index contributed by atoms with van der Waals surface area (Å²) in [5.74, 6) is -0.111. The van der Waals surface area contributed by atoms with Crippen molar-refractivity contribution < 1.29 is 14.4 Å². The van der Waals surface area contributed by atoms with E-state index in [0.29, 0.717) is 31.3 Å². The Morgan fingerprint density at radius 1 is 0.472 bits per heavy atom. The van der Waals surface area contributed by atoms with Crippen LogP contribution in [0.1, 0.15) is 181 Å². The zero-order valence-electron chi connectivity index (χ0n) is 24.1. The third-order valence-corrected chi connectivity index (χ3v) is 7.81. The van der Waals surface area contributed by atoms with E-state index in [2.05, 4.69) is 13.8 Å². The van der Waals surface area contributed by atoms with Gasteiger partial charge >= 0.3 is 0 Å². The van der Waals surface area contributed by atoms with E-state index in [1.807, 2.05) is 0 Å². The summed E-state index contributed by atoms with van der Waals surface area (Å²) in [6.07, 6.45) is 29.2. The normalized spacial score (nSPS) is 13.7. The van der Waals surface area contributed by atoms with E-state index in [0.717, 1.165) is 25.7 Å². The Hall–Kier alpha value is -1.25. The average Bonchev–Trinajstić information content (AvgIpc) is 3.27. The fourth-order valence-electron chi connectivity index (χ4n) is 5.43. The van der Waals surface area contributed by atoms with E-state index in [4.69, 9.17) is 0 Å². The number of hydrogen-bond donors (Lipinski definition) is 0. The Morgan fingerprint density at radius 2 is 0.806 bits per heavy atom. The quantitative estimate of drug-likeness (QED) is 0.0873. The molecule has 0 heterocycles. The topological polar surface area (TPSA) is 51.2 Å². The molecular formula is C33H58O3. The van der Waals surface area contributed by atoms with Gasteiger partial charge in [-0.05, 0) is 19.3 Å². The molecule has 3 nitrogen and oxygen atoms in total. The number of carbonyl (C=O) groups excluding carboxylic acids is 3. The molecule has 36 heavy (non-hydrogen) atoms. The molecule has 1 aliphatic carbocycles. The van der Waals surface area contributed by atoms with Crippen molar-refractivity contribution in [3.63, 3.8) is 0 Å². The average molecular weight is 503 g/mol. The summed E-state index contributed by atoms with van der Waals surface area (Å²) in [5.41, 5.74) is 0.829. The zero-order chi connectivity index (χ0) is 26.3. The number of unbranched alkanes of at least 4 members (excludes halogenated alkanes) is 20. The van der Waals surface area contributed by atoms with Gasteiger partial charge in [-0.2, -0.15) is 0 Å². The van der Waals surface area contributed by atoms with Gasteiger partial charge in [-0.15, -0.1) is 0 Å². The van der Waals surface area contributed by atoms with Gasteiger partial charge in [-0.1, -0.05) is 142 Å². The molecule has 3 heteroatoms. The lowest BCUT2D eigenvalue weighted by Crippen LogP contribution is -2.13. The van der Waals surface area contributed by atoms with Crippen molar-refractivity contribution in [3.8, 4) is 0 Å². The molecule has 0 N–H and O–H groups in total. The van der Waals surface area contributed by atoms with Crippen molar-refractivity contribution in [2.75, 3.05) is 0 Å². The smallest absolute Gasteiger partial charge is 0.167 e. The third-order valence-electron chi connectivity index (χ3n) is 7.81. The number of Topliss-reactive ketones (excluding diaryl/α,β-unsaturated/α-hetero) is 3. The minimum atomic E-state index is -0.0923. The molecule has 0 aromatic rings. The highest BCUT2D eigenvalue weighted by Gasteiger charge is 2.31. The summed E-state index contributed by atoms with van der Waals surface area (Å²) in [7, 11) is 0. The van der Waals surface area contributed by atoms with Gasteiger partial charge in [0.25, 0.3) is 0 Å². The Morgan fingerprint density at radius 3 is 1.19 bits per heavy atom. The van der Waals surface area contributed by atoms with E-state index in [9.17, 15) is 14.4 Å². The summed E-state index contributed by atoms with van der Waals surface area (Å²) in [6, 6.07) is 0. The molecule has 208 valence electrons. The number of hydrogen-bond acceptors (Lipinski definition) is 3. The molecule has 1 aliphatic rings. The molecule has 0 saturated heterocycles. The van der Waals surface area contributed by atoms with Crippen LogP contribution in [0.15, 0.2) is 11.1 Å². The Kier molecular flexibility index (Phi) is 20.9. The maximum Gasteiger partial charge on any atom is 0.167 e. The molecule has 0 unspecified atom stereocenters. The maximum absolute atomic E-state index is 12.8. The second-order valence-corrected chi connectivity index (χ2v) is 11.2. The summed E-state index contributed by atoms with van der Waals surface area (Å²) < 4.78 is 0. The molecule has 0 bridgehead atoms. The van der Waals surface area contributed by atoms with Crippen LogP contribution in [0.3, 0.4) is 0 Å². The first kappa shape index (κ1) is 32.8. The number of ketones is 3. The largest absolute Gasteiger partial charge is 0.295 e. The van der Waals surface area contributed by atoms with Crippen molar-refractivity contribution in [2.45, 2.75) is 181 Å². The standard InChI is InChI=1S/C33H58O3/c1-3-5-7-9-11-13-15-17-19-21-23-25-30(34)29-27-28-32(36)33(29)31(35)26-24-22-20-18-16-14-12-10-8-6-4-2/h3-28H2,1-2H3. The SMILES string of the molecule is CCCCCCCCCCCCCC(=O)C1=C(C(=O)CCCCCCCCCCCCC)C(=O)CC1. The molecular weight excluding hydrogens is 444 g/mol. The van der Waals surface area contributed by atoms with Gasteiger partial charge in [0.15, 0.2) is 17.3 Å². The first-order valence-corrected chi connectivity index (χ1v) is 15.9. The number of allylic oxidation sites excluding steroid dienone is 2. The lowest BCUT2D eigenvalue weighted by Gasteiger charge is -2.06. The third kappa shape index (κ3) is 15.8. The van der Waals surface area contributed by atoms with Crippen LogP contribution in [0.4, 0.5) is 0 Å². The van der Waals surface area contributed by atoms with Crippen LogP contribution in [-0.2, 0) is 14.4 Å². The minimum Gasteiger partial charge on any atom is -0.295 e. The van der Waals surface area contributed by atoms with Crippen molar-refractivity contribution in [1.29, 1.82) is 0 Å². The number of carbonyl (C=O) groups is 3. The van der Waals surface area contributed by atoms with Crippen LogP contribution >= 0.6 is 0 Å². The predicted molar refractivity (Wildman–Crippen MR) is 153 cm³/mol. The van der Waals surface area contributed by atoms with Gasteiger partial charge in [0.2, 0.25) is 0 Å². The van der Waals surface area contributed by atoms with Gasteiger partial charge in [-0.25, -0.2) is 0 Å². The lowest BCUT2D eigenvalue weighted by molar-refractivity contribution is -0.122. The molecule has 1 rings (SSSR count). The summed E-state index contributed by atoms with van der Waals surface area (Å²) in [5, 5.41) is 0. The van der Waals surface area contributed by atoms with Crippen molar-refractivity contribution >= 4 is 17.3 Å². The van der Waals surface area contributed by atoms with E-state index in [1.54, 1.807) is 0 Å². The van der Waals surface area contributed by atoms with Crippen LogP contribution in [-0.4, -0.2) is 17.3 Å². The fourth-order valence-corrected chi connectivity index (χ4v) is 5.43. The molecule has 0 atom stereocenters. The Bertz CT molecular complexity index is 631. The Labute approximate surface area is 223 Å². The highest BCUT2D eigenvalue weighted by atomic mass is 16.2. The van der Waals surface area contributed by atoms with Gasteiger partial charge < -0.3 is 0 Å². The van der Waals surface area contributed by atoms with Crippen LogP contribution < -0.4 is 0 Å². The van der Waals surface area contributed by atoms with Crippen molar-refractivity contribution in [3.05, 3.63) is 11.1 Å². The van der Waals surface area contributed by atoms with E-state index < -0.39 is 0 Å². The maximum atomic E-state index is 12.8. The molecule has 0 amide bonds. The van der Waals surface area contributed by atoms with Crippen molar-refractivity contribution in [2.24, 2.45) is 0 Å². The second kappa shape index (κ2) is 22.9. The molecule has 0 spiro atoms. The molecule has 0 saturated carbocycles. The van der Waals surface area contributed by atoms with E-state index in [1.165, 1.54) is 116 Å². The van der Waals surface area contributed by atoms with Gasteiger partial charge in [0.05, 0.1) is 5.57 Å². The van der Waals surface area contributed by atoms with Crippen molar-refractivity contribution in [1.82, 2.24) is 0 Å². The monoisotopic (exact) mass is 502 g/mol. The summed E-state index contributed by atoms with van der Waals surface area (Å²) in [6.45, 7) is 4.51. The second-order valence-electron chi connectivity index (χ2n) is 11.2. The molecule has 0 radical (unpaired) electrons. The zero-order valence-corrected chi connectivity index (χ0v) is 24.1. The minimum absolute atomic E-state index is 0.0547. The summed E-state index contributed by atoms with van der Waals surface area (Å²) in [4.78, 5) is 37.9. The van der Waals surface area contributed by atoms with E-state index in [-0.39, 0.29) is 22.9 Å². The highest BCUT2D eigenvalue weighted by molar-refractivity contribution is 6.26. The number of rotatable bonds is 26. The van der Waals surface area contributed by atoms with Crippen LogP contribution in [0.2, 0.25) is 0 Å². The first-order chi connectivity index (χ1) is 17.6. The molecule has 0 fully saturated rings.